The zero-order chi connectivity index (χ0) is 16.0. The molecule has 1 N–H and O–H groups in total. The molecule has 1 unspecified atom stereocenters. The van der Waals surface area contributed by atoms with Gasteiger partial charge in [-0.1, -0.05) is 66.7 Å². The number of nitrogens with one attached hydrogen (secondary N) is 1. The number of ketones is 1. The van der Waals surface area contributed by atoms with Gasteiger partial charge >= 0.3 is 0 Å². The molecule has 0 aromatic rings. The Morgan fingerprint density at radius 2 is 1.67 bits per heavy atom. The quantitative estimate of drug-likeness (QED) is 0.736. The average molecular weight is 295 g/mol. The molecule has 122 valence electrons. The molecule has 1 saturated carbocycles. The van der Waals surface area contributed by atoms with E-state index in [9.17, 15) is 9.59 Å². The third kappa shape index (κ3) is 5.44. The molecule has 0 bridgehead atoms. The second kappa shape index (κ2) is 8.55. The third-order valence-corrected chi connectivity index (χ3v) is 5.12. The molecule has 21 heavy (non-hydrogen) atoms. The van der Waals surface area contributed by atoms with Crippen molar-refractivity contribution in [3.63, 3.8) is 0 Å². The number of Topliss-reactive ketones (excluding diaryl/α,β-unsaturated/α-hetero) is 1. The maximum atomic E-state index is 12.3. The van der Waals surface area contributed by atoms with Crippen LogP contribution in [0.3, 0.4) is 0 Å². The lowest BCUT2D eigenvalue weighted by Crippen LogP contribution is -2.47. The van der Waals surface area contributed by atoms with Crippen LogP contribution in [0.2, 0.25) is 0 Å². The minimum absolute atomic E-state index is 0.0310. The minimum atomic E-state index is -0.321. The van der Waals surface area contributed by atoms with E-state index < -0.39 is 0 Å². The van der Waals surface area contributed by atoms with Gasteiger partial charge in [-0.2, -0.15) is 0 Å². The van der Waals surface area contributed by atoms with E-state index in [0.29, 0.717) is 18.3 Å². The van der Waals surface area contributed by atoms with E-state index in [1.165, 1.54) is 25.7 Å². The summed E-state index contributed by atoms with van der Waals surface area (Å²) in [5.41, 5.74) is 0. The van der Waals surface area contributed by atoms with Crippen molar-refractivity contribution in [3.8, 4) is 0 Å². The van der Waals surface area contributed by atoms with E-state index in [1.807, 2.05) is 20.8 Å². The molecule has 3 heteroatoms. The molecule has 0 aliphatic heterocycles. The number of carbonyl (C=O) groups excluding carboxylic acids is 2. The van der Waals surface area contributed by atoms with Crippen LogP contribution in [-0.2, 0) is 9.59 Å². The Bertz CT molecular complexity index is 345. The number of rotatable bonds is 8. The highest BCUT2D eigenvalue weighted by Crippen LogP contribution is 2.32. The van der Waals surface area contributed by atoms with E-state index in [0.717, 1.165) is 6.42 Å². The molecular weight excluding hydrogens is 262 g/mol. The lowest BCUT2D eigenvalue weighted by Gasteiger charge is -2.26. The number of carbonyl (C=O) groups is 2. The van der Waals surface area contributed by atoms with E-state index in [4.69, 9.17) is 0 Å². The Morgan fingerprint density at radius 3 is 2.14 bits per heavy atom. The second-order valence-electron chi connectivity index (χ2n) is 7.21. The number of hydrogen-bond acceptors (Lipinski definition) is 2. The summed E-state index contributed by atoms with van der Waals surface area (Å²) in [7, 11) is 0. The van der Waals surface area contributed by atoms with Crippen molar-refractivity contribution < 1.29 is 9.59 Å². The van der Waals surface area contributed by atoms with Crippen molar-refractivity contribution in [2.75, 3.05) is 0 Å². The molecular formula is C18H33NO2. The average Bonchev–Trinajstić information content (AvgIpc) is 2.97. The van der Waals surface area contributed by atoms with E-state index in [-0.39, 0.29) is 29.6 Å². The van der Waals surface area contributed by atoms with Gasteiger partial charge in [-0.25, -0.2) is 0 Å². The molecule has 0 aromatic heterocycles. The fourth-order valence-electron chi connectivity index (χ4n) is 3.31. The van der Waals surface area contributed by atoms with Crippen LogP contribution >= 0.6 is 0 Å². The second-order valence-corrected chi connectivity index (χ2v) is 7.21. The molecule has 0 heterocycles. The number of amides is 1. The van der Waals surface area contributed by atoms with Crippen molar-refractivity contribution in [1.29, 1.82) is 0 Å². The summed E-state index contributed by atoms with van der Waals surface area (Å²) < 4.78 is 0. The van der Waals surface area contributed by atoms with Gasteiger partial charge in [-0.3, -0.25) is 9.59 Å². The van der Waals surface area contributed by atoms with Crippen molar-refractivity contribution in [2.24, 2.45) is 23.7 Å². The van der Waals surface area contributed by atoms with E-state index >= 15 is 0 Å². The van der Waals surface area contributed by atoms with E-state index in [1.54, 1.807) is 0 Å². The SMILES string of the molecule is CC[C@@H](C)[C@H](NC(=O)CC(C)C1CCCC1)C(=O)C(C)C. The molecule has 0 aromatic carbocycles. The first-order chi connectivity index (χ1) is 9.86. The Hall–Kier alpha value is -0.860. The monoisotopic (exact) mass is 295 g/mol. The van der Waals surface area contributed by atoms with Crippen molar-refractivity contribution in [2.45, 2.75) is 79.2 Å². The largest absolute Gasteiger partial charge is 0.346 e. The number of hydrogen-bond donors (Lipinski definition) is 1. The van der Waals surface area contributed by atoms with Crippen LogP contribution < -0.4 is 5.32 Å². The standard InChI is InChI=1S/C18H33NO2/c1-6-13(4)17(18(21)12(2)3)19-16(20)11-14(5)15-9-7-8-10-15/h12-15,17H,6-11H2,1-5H3,(H,19,20)/t13-,14?,17+/m1/s1. The van der Waals surface area contributed by atoms with E-state index in [2.05, 4.69) is 19.2 Å². The molecule has 0 saturated heterocycles. The van der Waals surface area contributed by atoms with Gasteiger partial charge in [-0.05, 0) is 17.8 Å². The first kappa shape index (κ1) is 18.2. The summed E-state index contributed by atoms with van der Waals surface area (Å²) in [5, 5.41) is 3.01. The summed E-state index contributed by atoms with van der Waals surface area (Å²) in [5.74, 6) is 1.50. The Morgan fingerprint density at radius 1 is 1.10 bits per heavy atom. The summed E-state index contributed by atoms with van der Waals surface area (Å²) in [4.78, 5) is 24.6. The molecule has 3 nitrogen and oxygen atoms in total. The third-order valence-electron chi connectivity index (χ3n) is 5.12. The summed E-state index contributed by atoms with van der Waals surface area (Å²) >= 11 is 0. The van der Waals surface area contributed by atoms with Crippen molar-refractivity contribution in [3.05, 3.63) is 0 Å². The van der Waals surface area contributed by atoms with Gasteiger partial charge in [0, 0.05) is 12.3 Å². The fraction of sp³-hybridized carbons (Fsp3) is 0.889. The summed E-state index contributed by atoms with van der Waals surface area (Å²) in [6, 6.07) is -0.321. The van der Waals surface area contributed by atoms with Crippen molar-refractivity contribution in [1.82, 2.24) is 5.32 Å². The van der Waals surface area contributed by atoms with Crippen LogP contribution in [0.1, 0.15) is 73.1 Å². The molecule has 1 aliphatic rings. The maximum absolute atomic E-state index is 12.3. The van der Waals surface area contributed by atoms with Crippen LogP contribution in [0, 0.1) is 23.7 Å². The van der Waals surface area contributed by atoms with Gasteiger partial charge in [-0.15, -0.1) is 0 Å². The first-order valence-corrected chi connectivity index (χ1v) is 8.69. The molecule has 3 atom stereocenters. The molecule has 1 amide bonds. The first-order valence-electron chi connectivity index (χ1n) is 8.69. The minimum Gasteiger partial charge on any atom is -0.346 e. The Kier molecular flexibility index (Phi) is 7.41. The summed E-state index contributed by atoms with van der Waals surface area (Å²) in [6.45, 7) is 10.1. The summed E-state index contributed by atoms with van der Waals surface area (Å²) in [6.07, 6.45) is 6.59. The van der Waals surface area contributed by atoms with Gasteiger partial charge in [0.2, 0.25) is 5.91 Å². The highest BCUT2D eigenvalue weighted by atomic mass is 16.2. The molecule has 1 fully saturated rings. The van der Waals surface area contributed by atoms with Crippen LogP contribution in [0.15, 0.2) is 0 Å². The van der Waals surface area contributed by atoms with Gasteiger partial charge in [0.25, 0.3) is 0 Å². The van der Waals surface area contributed by atoms with Gasteiger partial charge in [0.15, 0.2) is 5.78 Å². The molecule has 0 spiro atoms. The maximum Gasteiger partial charge on any atom is 0.220 e. The lowest BCUT2D eigenvalue weighted by molar-refractivity contribution is -0.131. The highest BCUT2D eigenvalue weighted by Gasteiger charge is 2.29. The lowest BCUT2D eigenvalue weighted by atomic mass is 9.88. The zero-order valence-corrected chi connectivity index (χ0v) is 14.4. The topological polar surface area (TPSA) is 46.2 Å². The predicted molar refractivity (Wildman–Crippen MR) is 87.0 cm³/mol. The Labute approximate surface area is 130 Å². The smallest absolute Gasteiger partial charge is 0.220 e. The molecule has 0 radical (unpaired) electrons. The fourth-order valence-corrected chi connectivity index (χ4v) is 3.31. The van der Waals surface area contributed by atoms with Crippen LogP contribution in [-0.4, -0.2) is 17.7 Å². The van der Waals surface area contributed by atoms with Crippen LogP contribution in [0.4, 0.5) is 0 Å². The molecule has 1 aliphatic carbocycles. The predicted octanol–water partition coefficient (Wildman–Crippen LogP) is 3.96. The zero-order valence-electron chi connectivity index (χ0n) is 14.4. The van der Waals surface area contributed by atoms with Crippen LogP contribution in [0.25, 0.3) is 0 Å². The van der Waals surface area contributed by atoms with Gasteiger partial charge in [0.1, 0.15) is 0 Å². The normalized spacial score (nSPS) is 20.3. The highest BCUT2D eigenvalue weighted by molar-refractivity contribution is 5.90. The van der Waals surface area contributed by atoms with Crippen molar-refractivity contribution >= 4 is 11.7 Å². The van der Waals surface area contributed by atoms with Gasteiger partial charge in [0.05, 0.1) is 6.04 Å². The Balaban J connectivity index is 2.56. The molecule has 1 rings (SSSR count). The van der Waals surface area contributed by atoms with Crippen LogP contribution in [0.5, 0.6) is 0 Å². The van der Waals surface area contributed by atoms with Gasteiger partial charge < -0.3 is 5.32 Å².